The van der Waals surface area contributed by atoms with E-state index >= 15 is 0 Å². The van der Waals surface area contributed by atoms with Crippen LogP contribution in [0.5, 0.6) is 0 Å². The molecule has 8 heteroatoms. The number of fused-ring (bicyclic) bond motifs is 3. The number of nitrogens with one attached hydrogen (secondary N) is 2. The number of aryl methyl sites for hydroxylation is 3. The third kappa shape index (κ3) is 4.98. The number of ether oxygens (including phenoxy) is 1. The van der Waals surface area contributed by atoms with E-state index in [-0.39, 0.29) is 37.0 Å². The number of carbonyl (C=O) groups is 2. The first kappa shape index (κ1) is 20.5. The molecule has 0 fully saturated rings. The molecule has 2 N–H and O–H groups in total. The van der Waals surface area contributed by atoms with Crippen LogP contribution in [0.25, 0.3) is 10.2 Å². The normalized spacial score (nSPS) is 14.5. The van der Waals surface area contributed by atoms with Crippen molar-refractivity contribution in [1.82, 2.24) is 15.3 Å². The van der Waals surface area contributed by atoms with Gasteiger partial charge in [-0.25, -0.2) is 4.98 Å². The first-order valence-electron chi connectivity index (χ1n) is 9.96. The molecule has 0 radical (unpaired) electrons. The van der Waals surface area contributed by atoms with Crippen molar-refractivity contribution in [3.8, 4) is 0 Å². The second kappa shape index (κ2) is 9.32. The zero-order chi connectivity index (χ0) is 20.1. The second-order valence-corrected chi connectivity index (χ2v) is 8.41. The van der Waals surface area contributed by atoms with E-state index in [4.69, 9.17) is 4.74 Å². The average molecular weight is 406 g/mol. The average Bonchev–Trinajstić information content (AvgIpc) is 3.03. The zero-order valence-corrected chi connectivity index (χ0v) is 17.2. The molecule has 2 aromatic heterocycles. The lowest BCUT2D eigenvalue weighted by atomic mass is 9.97. The smallest absolute Gasteiger partial charge is 0.306 e. The number of esters is 1. The van der Waals surface area contributed by atoms with Crippen LogP contribution in [0.15, 0.2) is 4.79 Å². The van der Waals surface area contributed by atoms with Crippen LogP contribution in [-0.2, 0) is 33.6 Å². The van der Waals surface area contributed by atoms with E-state index in [0.29, 0.717) is 11.2 Å². The zero-order valence-electron chi connectivity index (χ0n) is 16.4. The molecule has 1 aliphatic rings. The summed E-state index contributed by atoms with van der Waals surface area (Å²) in [5.74, 6) is -0.299. The van der Waals surface area contributed by atoms with E-state index < -0.39 is 5.97 Å². The van der Waals surface area contributed by atoms with Crippen molar-refractivity contribution >= 4 is 33.4 Å². The van der Waals surface area contributed by atoms with Gasteiger partial charge in [0.1, 0.15) is 10.7 Å². The van der Waals surface area contributed by atoms with Crippen molar-refractivity contribution in [2.24, 2.45) is 0 Å². The first-order chi connectivity index (χ1) is 13.5. The van der Waals surface area contributed by atoms with Gasteiger partial charge in [0.15, 0.2) is 6.61 Å². The van der Waals surface area contributed by atoms with Crippen molar-refractivity contribution in [3.05, 3.63) is 26.6 Å². The highest BCUT2D eigenvalue weighted by Crippen LogP contribution is 2.33. The summed E-state index contributed by atoms with van der Waals surface area (Å²) in [5, 5.41) is 3.50. The number of amides is 1. The van der Waals surface area contributed by atoms with Crippen LogP contribution in [0.1, 0.15) is 62.2 Å². The molecule has 3 rings (SSSR count). The summed E-state index contributed by atoms with van der Waals surface area (Å²) >= 11 is 1.59. The van der Waals surface area contributed by atoms with Gasteiger partial charge in [0, 0.05) is 17.3 Å². The van der Waals surface area contributed by atoms with E-state index in [9.17, 15) is 14.4 Å². The minimum absolute atomic E-state index is 0.0637. The molecule has 152 valence electrons. The molecule has 0 spiro atoms. The molecule has 0 saturated carbocycles. The molecule has 0 aliphatic heterocycles. The minimum atomic E-state index is -0.480. The van der Waals surface area contributed by atoms with Gasteiger partial charge in [0.2, 0.25) is 0 Å². The monoisotopic (exact) mass is 405 g/mol. The molecule has 28 heavy (non-hydrogen) atoms. The lowest BCUT2D eigenvalue weighted by Gasteiger charge is -2.12. The molecule has 0 unspecified atom stereocenters. The third-order valence-corrected chi connectivity index (χ3v) is 6.12. The van der Waals surface area contributed by atoms with Crippen LogP contribution in [-0.4, -0.2) is 34.5 Å². The van der Waals surface area contributed by atoms with Gasteiger partial charge in [-0.05, 0) is 44.6 Å². The molecule has 0 aromatic carbocycles. The van der Waals surface area contributed by atoms with Gasteiger partial charge in [0.05, 0.1) is 11.8 Å². The van der Waals surface area contributed by atoms with Gasteiger partial charge in [-0.1, -0.05) is 13.3 Å². The summed E-state index contributed by atoms with van der Waals surface area (Å²) in [4.78, 5) is 45.5. The van der Waals surface area contributed by atoms with Crippen LogP contribution in [0.3, 0.4) is 0 Å². The van der Waals surface area contributed by atoms with E-state index in [0.717, 1.165) is 48.9 Å². The topological polar surface area (TPSA) is 101 Å². The lowest BCUT2D eigenvalue weighted by Crippen LogP contribution is -2.35. The van der Waals surface area contributed by atoms with Crippen LogP contribution in [0.4, 0.5) is 0 Å². The van der Waals surface area contributed by atoms with Crippen molar-refractivity contribution in [2.75, 3.05) is 6.61 Å². The molecule has 0 bridgehead atoms. The fourth-order valence-electron chi connectivity index (χ4n) is 3.59. The Balaban J connectivity index is 1.54. The number of carbonyl (C=O) groups excluding carboxylic acids is 2. The van der Waals surface area contributed by atoms with Crippen molar-refractivity contribution in [2.45, 2.75) is 71.3 Å². The Hall–Kier alpha value is -2.22. The first-order valence-corrected chi connectivity index (χ1v) is 10.8. The number of rotatable bonds is 8. The Morgan fingerprint density at radius 1 is 1.32 bits per heavy atom. The standard InChI is InChI=1S/C20H27N3O4S/c1-3-6-12(2)21-16(24)11-27-17(25)10-9-15-22-19(26)18-13-7-4-5-8-14(13)28-20(18)23-15/h12H,3-11H2,1-2H3,(H,21,24)(H,22,23,26)/t12-/m0/s1. The number of hydrogen-bond acceptors (Lipinski definition) is 6. The Morgan fingerprint density at radius 3 is 2.89 bits per heavy atom. The lowest BCUT2D eigenvalue weighted by molar-refractivity contribution is -0.148. The van der Waals surface area contributed by atoms with Gasteiger partial charge in [-0.15, -0.1) is 11.3 Å². The fraction of sp³-hybridized carbons (Fsp3) is 0.600. The second-order valence-electron chi connectivity index (χ2n) is 7.32. The van der Waals surface area contributed by atoms with E-state index in [1.54, 1.807) is 11.3 Å². The summed E-state index contributed by atoms with van der Waals surface area (Å²) in [7, 11) is 0. The molecule has 1 amide bonds. The number of hydrogen-bond donors (Lipinski definition) is 2. The van der Waals surface area contributed by atoms with Gasteiger partial charge < -0.3 is 15.0 Å². The van der Waals surface area contributed by atoms with Gasteiger partial charge in [0.25, 0.3) is 11.5 Å². The highest BCUT2D eigenvalue weighted by Gasteiger charge is 2.20. The molecule has 2 heterocycles. The summed E-state index contributed by atoms with van der Waals surface area (Å²) in [6, 6.07) is 0.0637. The Bertz CT molecular complexity index is 918. The number of nitrogens with zero attached hydrogens (tertiary/aromatic N) is 1. The predicted molar refractivity (Wildman–Crippen MR) is 109 cm³/mol. The summed E-state index contributed by atoms with van der Waals surface area (Å²) in [6.07, 6.45) is 6.41. The van der Waals surface area contributed by atoms with E-state index in [2.05, 4.69) is 15.3 Å². The Kier molecular flexibility index (Phi) is 6.83. The molecule has 0 saturated heterocycles. The predicted octanol–water partition coefficient (Wildman–Crippen LogP) is 2.64. The fourth-order valence-corrected chi connectivity index (χ4v) is 4.87. The summed E-state index contributed by atoms with van der Waals surface area (Å²) in [6.45, 7) is 3.68. The molecular formula is C20H27N3O4S. The molecule has 7 nitrogen and oxygen atoms in total. The number of thiophene rings is 1. The Labute approximate surface area is 167 Å². The maximum absolute atomic E-state index is 12.5. The Morgan fingerprint density at radius 2 is 2.11 bits per heavy atom. The van der Waals surface area contributed by atoms with Gasteiger partial charge in [-0.2, -0.15) is 0 Å². The third-order valence-electron chi connectivity index (χ3n) is 4.93. The molecule has 1 aliphatic carbocycles. The SMILES string of the molecule is CCC[C@H](C)NC(=O)COC(=O)CCc1nc2sc3c(c2c(=O)[nH]1)CCCC3. The van der Waals surface area contributed by atoms with Crippen LogP contribution in [0, 0.1) is 0 Å². The largest absolute Gasteiger partial charge is 0.456 e. The maximum atomic E-state index is 12.5. The molecular weight excluding hydrogens is 378 g/mol. The van der Waals surface area contributed by atoms with Crippen LogP contribution < -0.4 is 10.9 Å². The van der Waals surface area contributed by atoms with Crippen molar-refractivity contribution < 1.29 is 14.3 Å². The minimum Gasteiger partial charge on any atom is -0.456 e. The molecule has 2 aromatic rings. The summed E-state index contributed by atoms with van der Waals surface area (Å²) < 4.78 is 5.02. The quantitative estimate of drug-likeness (QED) is 0.658. The van der Waals surface area contributed by atoms with Crippen molar-refractivity contribution in [3.63, 3.8) is 0 Å². The van der Waals surface area contributed by atoms with Crippen molar-refractivity contribution in [1.29, 1.82) is 0 Å². The van der Waals surface area contributed by atoms with Crippen LogP contribution >= 0.6 is 11.3 Å². The summed E-state index contributed by atoms with van der Waals surface area (Å²) in [5.41, 5.74) is 1.02. The van der Waals surface area contributed by atoms with E-state index in [1.165, 1.54) is 4.88 Å². The number of H-pyrrole nitrogens is 1. The highest BCUT2D eigenvalue weighted by atomic mass is 32.1. The maximum Gasteiger partial charge on any atom is 0.306 e. The number of aromatic amines is 1. The van der Waals surface area contributed by atoms with Gasteiger partial charge in [-0.3, -0.25) is 14.4 Å². The van der Waals surface area contributed by atoms with Crippen LogP contribution in [0.2, 0.25) is 0 Å². The highest BCUT2D eigenvalue weighted by molar-refractivity contribution is 7.18. The molecule has 1 atom stereocenters. The number of aromatic nitrogens is 2. The van der Waals surface area contributed by atoms with E-state index in [1.807, 2.05) is 13.8 Å². The van der Waals surface area contributed by atoms with Gasteiger partial charge >= 0.3 is 5.97 Å².